The Labute approximate surface area is 167 Å². The summed E-state index contributed by atoms with van der Waals surface area (Å²) < 4.78 is 6.30. The molecule has 2 spiro atoms. The maximum absolute atomic E-state index is 12.9. The summed E-state index contributed by atoms with van der Waals surface area (Å²) in [6.45, 7) is 5.23. The standard InChI is InChI=1S/C21H23N3O5/c1-2-8-24-9-7-19-14-11-3-4-12(25)15(14)29-16(19)20(17(26)22-18(27)23-20)5-6-21(19,28)13(24)10-11/h2-4,13,16,25,28H,1,5-10H2,(H2,22,23,26,27)/t13-,16-,19+,20?,21-/m1/s1. The minimum atomic E-state index is -1.26. The second-order valence-electron chi connectivity index (χ2n) is 8.97. The predicted octanol–water partition coefficient (Wildman–Crippen LogP) is 0.310. The lowest BCUT2D eigenvalue weighted by atomic mass is 9.46. The van der Waals surface area contributed by atoms with Gasteiger partial charge in [0, 0.05) is 18.2 Å². The number of hydrogen-bond donors (Lipinski definition) is 4. The molecule has 1 unspecified atom stereocenters. The average molecular weight is 397 g/mol. The normalized spacial score (nSPS) is 41.6. The molecule has 1 aromatic rings. The number of hydrogen-bond acceptors (Lipinski definition) is 6. The van der Waals surface area contributed by atoms with Crippen LogP contribution in [0.25, 0.3) is 0 Å². The first-order valence-corrected chi connectivity index (χ1v) is 10.1. The lowest BCUT2D eigenvalue weighted by molar-refractivity contribution is -0.201. The molecular weight excluding hydrogens is 374 g/mol. The van der Waals surface area contributed by atoms with Gasteiger partial charge in [0.2, 0.25) is 0 Å². The number of phenolic OH excluding ortho intramolecular Hbond substituents is 1. The number of ether oxygens (including phenoxy) is 1. The minimum absolute atomic E-state index is 0.00160. The fraction of sp³-hybridized carbons (Fsp3) is 0.524. The first-order chi connectivity index (χ1) is 13.9. The van der Waals surface area contributed by atoms with E-state index < -0.39 is 34.6 Å². The number of amides is 3. The number of carbonyl (C=O) groups is 2. The van der Waals surface area contributed by atoms with Crippen molar-refractivity contribution < 1.29 is 24.5 Å². The largest absolute Gasteiger partial charge is 0.504 e. The van der Waals surface area contributed by atoms with Gasteiger partial charge in [0.15, 0.2) is 17.0 Å². The van der Waals surface area contributed by atoms with Gasteiger partial charge in [-0.25, -0.2) is 4.79 Å². The number of aliphatic hydroxyl groups is 1. The number of benzene rings is 1. The van der Waals surface area contributed by atoms with Crippen molar-refractivity contribution in [3.05, 3.63) is 35.9 Å². The van der Waals surface area contributed by atoms with E-state index in [2.05, 4.69) is 22.1 Å². The van der Waals surface area contributed by atoms with E-state index in [1.807, 2.05) is 12.1 Å². The summed E-state index contributed by atoms with van der Waals surface area (Å²) in [5.74, 6) is -0.0769. The quantitative estimate of drug-likeness (QED) is 0.422. The van der Waals surface area contributed by atoms with Gasteiger partial charge in [-0.2, -0.15) is 0 Å². The molecule has 3 amide bonds. The zero-order valence-electron chi connectivity index (χ0n) is 15.9. The van der Waals surface area contributed by atoms with E-state index >= 15 is 0 Å². The summed E-state index contributed by atoms with van der Waals surface area (Å²) in [6, 6.07) is 2.80. The van der Waals surface area contributed by atoms with Crippen LogP contribution in [0.4, 0.5) is 4.79 Å². The topological polar surface area (TPSA) is 111 Å². The number of likely N-dealkylation sites (tertiary alicyclic amines) is 1. The van der Waals surface area contributed by atoms with Crippen molar-refractivity contribution >= 4 is 11.9 Å². The Bertz CT molecular complexity index is 995. The Kier molecular flexibility index (Phi) is 3.05. The fourth-order valence-electron chi connectivity index (χ4n) is 6.92. The number of aromatic hydroxyl groups is 1. The number of carbonyl (C=O) groups excluding carboxylic acids is 2. The van der Waals surface area contributed by atoms with Gasteiger partial charge in [-0.1, -0.05) is 12.1 Å². The van der Waals surface area contributed by atoms with E-state index in [1.165, 1.54) is 0 Å². The van der Waals surface area contributed by atoms with E-state index in [0.717, 1.165) is 11.1 Å². The van der Waals surface area contributed by atoms with Crippen molar-refractivity contribution in [2.24, 2.45) is 0 Å². The van der Waals surface area contributed by atoms with Crippen molar-refractivity contribution in [3.63, 3.8) is 0 Å². The van der Waals surface area contributed by atoms with E-state index in [1.54, 1.807) is 6.07 Å². The second kappa shape index (κ2) is 5.12. The van der Waals surface area contributed by atoms with Crippen molar-refractivity contribution in [2.75, 3.05) is 13.1 Å². The van der Waals surface area contributed by atoms with Crippen molar-refractivity contribution in [3.8, 4) is 11.5 Å². The fourth-order valence-corrected chi connectivity index (χ4v) is 6.92. The summed E-state index contributed by atoms with van der Waals surface area (Å²) in [5.41, 5.74) is -1.43. The lowest BCUT2D eigenvalue weighted by Crippen LogP contribution is -2.81. The molecule has 2 aliphatic carbocycles. The molecule has 3 aliphatic heterocycles. The number of nitrogens with one attached hydrogen (secondary N) is 2. The first kappa shape index (κ1) is 17.3. The molecule has 4 N–H and O–H groups in total. The third kappa shape index (κ3) is 1.71. The molecule has 6 rings (SSSR count). The Hall–Kier alpha value is -2.58. The van der Waals surface area contributed by atoms with Crippen LogP contribution in [-0.4, -0.2) is 63.4 Å². The van der Waals surface area contributed by atoms with Crippen molar-refractivity contribution in [1.29, 1.82) is 0 Å². The average Bonchev–Trinajstić information content (AvgIpc) is 3.17. The van der Waals surface area contributed by atoms with Crippen LogP contribution in [0.15, 0.2) is 24.8 Å². The SMILES string of the molecule is C=CCN1CC[C@]23c4c5ccc(O)c4O[C@H]2C2(CC[C@@]3(O)[C@H]1C5)NC(=O)NC2=O. The van der Waals surface area contributed by atoms with Gasteiger partial charge >= 0.3 is 6.03 Å². The summed E-state index contributed by atoms with van der Waals surface area (Å²) in [5, 5.41) is 27.9. The van der Waals surface area contributed by atoms with Crippen molar-refractivity contribution in [1.82, 2.24) is 15.5 Å². The third-order valence-corrected chi connectivity index (χ3v) is 8.00. The molecule has 152 valence electrons. The molecule has 5 aliphatic rings. The smallest absolute Gasteiger partial charge is 0.322 e. The molecule has 2 bridgehead atoms. The number of nitrogens with zero attached hydrogens (tertiary/aromatic N) is 1. The highest BCUT2D eigenvalue weighted by atomic mass is 16.5. The number of rotatable bonds is 2. The second-order valence-corrected chi connectivity index (χ2v) is 8.97. The maximum Gasteiger partial charge on any atom is 0.322 e. The number of phenols is 1. The van der Waals surface area contributed by atoms with Crippen LogP contribution in [-0.2, 0) is 16.6 Å². The van der Waals surface area contributed by atoms with Gasteiger partial charge in [-0.05, 0) is 43.9 Å². The van der Waals surface area contributed by atoms with Crippen LogP contribution < -0.4 is 15.4 Å². The molecular formula is C21H23N3O5. The summed E-state index contributed by atoms with van der Waals surface area (Å²) in [4.78, 5) is 27.3. The van der Waals surface area contributed by atoms with E-state index in [9.17, 15) is 19.8 Å². The Morgan fingerprint density at radius 3 is 2.86 bits per heavy atom. The molecule has 3 heterocycles. The molecule has 8 heteroatoms. The minimum Gasteiger partial charge on any atom is -0.504 e. The van der Waals surface area contributed by atoms with Gasteiger partial charge < -0.3 is 20.3 Å². The van der Waals surface area contributed by atoms with Crippen LogP contribution in [0.5, 0.6) is 11.5 Å². The first-order valence-electron chi connectivity index (χ1n) is 10.1. The molecule has 3 fully saturated rings. The van der Waals surface area contributed by atoms with E-state index in [4.69, 9.17) is 4.74 Å². The maximum atomic E-state index is 12.9. The Morgan fingerprint density at radius 1 is 1.31 bits per heavy atom. The Morgan fingerprint density at radius 2 is 2.14 bits per heavy atom. The molecule has 0 aromatic heterocycles. The summed E-state index contributed by atoms with van der Waals surface area (Å²) in [7, 11) is 0. The van der Waals surface area contributed by atoms with Crippen LogP contribution in [0, 0.1) is 0 Å². The predicted molar refractivity (Wildman–Crippen MR) is 102 cm³/mol. The summed E-state index contributed by atoms with van der Waals surface area (Å²) in [6.07, 6.45) is 2.89. The number of fused-ring (bicyclic) bond motifs is 1. The molecule has 0 radical (unpaired) electrons. The van der Waals surface area contributed by atoms with Crippen LogP contribution in [0.2, 0.25) is 0 Å². The highest BCUT2D eigenvalue weighted by molar-refractivity contribution is 6.08. The van der Waals surface area contributed by atoms with Gasteiger partial charge in [0.05, 0.1) is 11.0 Å². The van der Waals surface area contributed by atoms with Crippen LogP contribution in [0.3, 0.4) is 0 Å². The molecule has 1 saturated carbocycles. The van der Waals surface area contributed by atoms with Gasteiger partial charge in [0.1, 0.15) is 6.10 Å². The number of urea groups is 1. The lowest BCUT2D eigenvalue weighted by Gasteiger charge is -2.65. The molecule has 29 heavy (non-hydrogen) atoms. The zero-order valence-corrected chi connectivity index (χ0v) is 15.9. The van der Waals surface area contributed by atoms with Crippen LogP contribution >= 0.6 is 0 Å². The van der Waals surface area contributed by atoms with Gasteiger partial charge in [0.25, 0.3) is 5.91 Å². The summed E-state index contributed by atoms with van der Waals surface area (Å²) >= 11 is 0. The Balaban J connectivity index is 1.62. The molecule has 8 nitrogen and oxygen atoms in total. The third-order valence-electron chi connectivity index (χ3n) is 8.00. The number of piperidine rings is 1. The highest BCUT2D eigenvalue weighted by Crippen LogP contribution is 2.67. The van der Waals surface area contributed by atoms with Crippen LogP contribution in [0.1, 0.15) is 30.4 Å². The number of imide groups is 1. The monoisotopic (exact) mass is 397 g/mol. The molecule has 5 atom stereocenters. The highest BCUT2D eigenvalue weighted by Gasteiger charge is 2.78. The van der Waals surface area contributed by atoms with Gasteiger partial charge in [-0.3, -0.25) is 15.0 Å². The van der Waals surface area contributed by atoms with E-state index in [-0.39, 0.29) is 18.2 Å². The molecule has 1 aromatic carbocycles. The van der Waals surface area contributed by atoms with Crippen molar-refractivity contribution in [2.45, 2.75) is 54.4 Å². The van der Waals surface area contributed by atoms with Gasteiger partial charge in [-0.15, -0.1) is 6.58 Å². The zero-order chi connectivity index (χ0) is 20.2. The molecule has 2 saturated heterocycles. The van der Waals surface area contributed by atoms with E-state index in [0.29, 0.717) is 38.1 Å².